The zero-order chi connectivity index (χ0) is 11.7. The molecule has 1 N–H and O–H groups in total. The van der Waals surface area contributed by atoms with Gasteiger partial charge in [0.25, 0.3) is 0 Å². The number of anilines is 2. The number of nitrogens with zero attached hydrogens (tertiary/aromatic N) is 5. The summed E-state index contributed by atoms with van der Waals surface area (Å²) >= 11 is 5.83. The molecule has 0 aliphatic carbocycles. The summed E-state index contributed by atoms with van der Waals surface area (Å²) in [5.41, 5.74) is 0. The second kappa shape index (κ2) is 4.39. The van der Waals surface area contributed by atoms with E-state index in [0.29, 0.717) is 18.4 Å². The summed E-state index contributed by atoms with van der Waals surface area (Å²) in [5, 5.41) is 9.63. The molecule has 0 bridgehead atoms. The molecule has 1 aromatic rings. The van der Waals surface area contributed by atoms with E-state index in [9.17, 15) is 5.11 Å². The number of hydrogen-bond donors (Lipinski definition) is 1. The minimum Gasteiger partial charge on any atom is -0.391 e. The SMILES string of the molecule is CN(C)c1nc(Cl)nc(N2CCC(O)C2)n1. The summed E-state index contributed by atoms with van der Waals surface area (Å²) in [6.07, 6.45) is 0.430. The Morgan fingerprint density at radius 2 is 2.12 bits per heavy atom. The second-order valence-electron chi connectivity index (χ2n) is 3.99. The van der Waals surface area contributed by atoms with Crippen LogP contribution in [-0.2, 0) is 0 Å². The van der Waals surface area contributed by atoms with Crippen LogP contribution in [0.2, 0.25) is 5.28 Å². The monoisotopic (exact) mass is 243 g/mol. The van der Waals surface area contributed by atoms with Crippen LogP contribution in [0.25, 0.3) is 0 Å². The average molecular weight is 244 g/mol. The van der Waals surface area contributed by atoms with Crippen molar-refractivity contribution in [1.29, 1.82) is 0 Å². The van der Waals surface area contributed by atoms with Crippen LogP contribution in [0.1, 0.15) is 6.42 Å². The minimum atomic E-state index is -0.307. The minimum absolute atomic E-state index is 0.176. The number of rotatable bonds is 2. The highest BCUT2D eigenvalue weighted by Crippen LogP contribution is 2.19. The molecule has 1 atom stereocenters. The summed E-state index contributed by atoms with van der Waals surface area (Å²) in [6, 6.07) is 0. The van der Waals surface area contributed by atoms with Crippen molar-refractivity contribution >= 4 is 23.5 Å². The van der Waals surface area contributed by atoms with Crippen molar-refractivity contribution in [2.75, 3.05) is 37.0 Å². The van der Waals surface area contributed by atoms with Gasteiger partial charge in [0.1, 0.15) is 0 Å². The number of β-amino-alcohol motifs (C(OH)–C–C–N with tert-alkyl or cyclic N) is 1. The quantitative estimate of drug-likeness (QED) is 0.799. The fourth-order valence-electron chi connectivity index (χ4n) is 1.59. The lowest BCUT2D eigenvalue weighted by molar-refractivity contribution is 0.198. The molecule has 1 aromatic heterocycles. The van der Waals surface area contributed by atoms with Gasteiger partial charge in [-0.1, -0.05) is 0 Å². The Hall–Kier alpha value is -1.14. The Balaban J connectivity index is 2.27. The molecule has 1 aliphatic rings. The van der Waals surface area contributed by atoms with Crippen LogP contribution in [-0.4, -0.2) is 53.3 Å². The number of aliphatic hydroxyl groups excluding tert-OH is 1. The molecule has 0 radical (unpaired) electrons. The van der Waals surface area contributed by atoms with Crippen molar-refractivity contribution in [2.24, 2.45) is 0 Å². The highest BCUT2D eigenvalue weighted by atomic mass is 35.5. The van der Waals surface area contributed by atoms with E-state index < -0.39 is 0 Å². The van der Waals surface area contributed by atoms with E-state index in [-0.39, 0.29) is 11.4 Å². The summed E-state index contributed by atoms with van der Waals surface area (Å²) in [4.78, 5) is 16.0. The number of halogens is 1. The highest BCUT2D eigenvalue weighted by Gasteiger charge is 2.23. The van der Waals surface area contributed by atoms with Crippen LogP contribution in [0.4, 0.5) is 11.9 Å². The molecule has 0 saturated carbocycles. The van der Waals surface area contributed by atoms with Crippen LogP contribution in [0.3, 0.4) is 0 Å². The van der Waals surface area contributed by atoms with Gasteiger partial charge in [-0.25, -0.2) is 0 Å². The molecule has 1 unspecified atom stereocenters. The third-order valence-electron chi connectivity index (χ3n) is 2.43. The largest absolute Gasteiger partial charge is 0.391 e. The Morgan fingerprint density at radius 3 is 2.69 bits per heavy atom. The third-order valence-corrected chi connectivity index (χ3v) is 2.60. The van der Waals surface area contributed by atoms with E-state index in [2.05, 4.69) is 15.0 Å². The summed E-state index contributed by atoms with van der Waals surface area (Å²) in [7, 11) is 3.68. The van der Waals surface area contributed by atoms with Crippen LogP contribution < -0.4 is 9.80 Å². The van der Waals surface area contributed by atoms with Gasteiger partial charge in [-0.2, -0.15) is 15.0 Å². The second-order valence-corrected chi connectivity index (χ2v) is 4.33. The summed E-state index contributed by atoms with van der Waals surface area (Å²) < 4.78 is 0. The Labute approximate surface area is 98.9 Å². The zero-order valence-corrected chi connectivity index (χ0v) is 10.0. The normalized spacial score (nSPS) is 20.2. The third kappa shape index (κ3) is 2.33. The first-order chi connectivity index (χ1) is 7.56. The molecule has 1 aliphatic heterocycles. The van der Waals surface area contributed by atoms with Crippen molar-refractivity contribution in [3.05, 3.63) is 5.28 Å². The van der Waals surface area contributed by atoms with Gasteiger partial charge in [0, 0.05) is 27.2 Å². The molecule has 0 spiro atoms. The van der Waals surface area contributed by atoms with Crippen LogP contribution in [0.5, 0.6) is 0 Å². The summed E-state index contributed by atoms with van der Waals surface area (Å²) in [5.74, 6) is 1.05. The summed E-state index contributed by atoms with van der Waals surface area (Å²) in [6.45, 7) is 1.29. The molecule has 7 heteroatoms. The molecule has 0 amide bonds. The average Bonchev–Trinajstić information content (AvgIpc) is 2.64. The van der Waals surface area contributed by atoms with Crippen LogP contribution in [0, 0.1) is 0 Å². The van der Waals surface area contributed by atoms with Gasteiger partial charge in [-0.15, -0.1) is 0 Å². The first kappa shape index (κ1) is 11.3. The van der Waals surface area contributed by atoms with Crippen molar-refractivity contribution in [2.45, 2.75) is 12.5 Å². The maximum absolute atomic E-state index is 9.45. The van der Waals surface area contributed by atoms with Gasteiger partial charge in [-0.05, 0) is 18.0 Å². The van der Waals surface area contributed by atoms with Gasteiger partial charge in [0.05, 0.1) is 6.10 Å². The van der Waals surface area contributed by atoms with Gasteiger partial charge in [0.15, 0.2) is 0 Å². The van der Waals surface area contributed by atoms with E-state index in [1.54, 1.807) is 4.90 Å². The van der Waals surface area contributed by atoms with Gasteiger partial charge in [-0.3, -0.25) is 0 Å². The molecule has 0 aromatic carbocycles. The molecule has 2 heterocycles. The molecule has 6 nitrogen and oxygen atoms in total. The fraction of sp³-hybridized carbons (Fsp3) is 0.667. The Bertz CT molecular complexity index is 386. The van der Waals surface area contributed by atoms with E-state index in [1.807, 2.05) is 19.0 Å². The van der Waals surface area contributed by atoms with E-state index in [4.69, 9.17) is 11.6 Å². The lowest BCUT2D eigenvalue weighted by Crippen LogP contribution is -2.25. The van der Waals surface area contributed by atoms with E-state index in [0.717, 1.165) is 13.0 Å². The maximum atomic E-state index is 9.45. The van der Waals surface area contributed by atoms with Crippen molar-refractivity contribution in [3.8, 4) is 0 Å². The van der Waals surface area contributed by atoms with Crippen molar-refractivity contribution in [1.82, 2.24) is 15.0 Å². The lowest BCUT2D eigenvalue weighted by Gasteiger charge is -2.17. The predicted molar refractivity (Wildman–Crippen MR) is 62.0 cm³/mol. The molecular formula is C9H14ClN5O. The maximum Gasteiger partial charge on any atom is 0.231 e. The van der Waals surface area contributed by atoms with Crippen molar-refractivity contribution < 1.29 is 5.11 Å². The molecule has 88 valence electrons. The molecule has 1 saturated heterocycles. The smallest absolute Gasteiger partial charge is 0.231 e. The Kier molecular flexibility index (Phi) is 3.11. The van der Waals surface area contributed by atoms with Crippen LogP contribution in [0.15, 0.2) is 0 Å². The Morgan fingerprint density at radius 1 is 1.38 bits per heavy atom. The number of aromatic nitrogens is 3. The fourth-order valence-corrected chi connectivity index (χ4v) is 1.75. The van der Waals surface area contributed by atoms with E-state index >= 15 is 0 Å². The molecular weight excluding hydrogens is 230 g/mol. The van der Waals surface area contributed by atoms with Gasteiger partial charge in [0.2, 0.25) is 17.2 Å². The number of hydrogen-bond acceptors (Lipinski definition) is 6. The highest BCUT2D eigenvalue weighted by molar-refractivity contribution is 6.28. The van der Waals surface area contributed by atoms with Gasteiger partial charge >= 0.3 is 0 Å². The first-order valence-corrected chi connectivity index (χ1v) is 5.46. The van der Waals surface area contributed by atoms with E-state index in [1.165, 1.54) is 0 Å². The molecule has 1 fully saturated rings. The van der Waals surface area contributed by atoms with Crippen molar-refractivity contribution in [3.63, 3.8) is 0 Å². The topological polar surface area (TPSA) is 65.4 Å². The van der Waals surface area contributed by atoms with Crippen LogP contribution >= 0.6 is 11.6 Å². The van der Waals surface area contributed by atoms with Gasteiger partial charge < -0.3 is 14.9 Å². The molecule has 2 rings (SSSR count). The lowest BCUT2D eigenvalue weighted by atomic mass is 10.3. The standard InChI is InChI=1S/C9H14ClN5O/c1-14(2)8-11-7(10)12-9(13-8)15-4-3-6(16)5-15/h6,16H,3-5H2,1-2H3. The molecule has 16 heavy (non-hydrogen) atoms. The number of aliphatic hydroxyl groups is 1. The zero-order valence-electron chi connectivity index (χ0n) is 9.26. The predicted octanol–water partition coefficient (Wildman–Crippen LogP) is 0.162. The first-order valence-electron chi connectivity index (χ1n) is 5.08.